The second-order valence-corrected chi connectivity index (χ2v) is 6.89. The van der Waals surface area contributed by atoms with Gasteiger partial charge in [-0.3, -0.25) is 0 Å². The van der Waals surface area contributed by atoms with Gasteiger partial charge < -0.3 is 14.8 Å². The van der Waals surface area contributed by atoms with Crippen LogP contribution < -0.4 is 10.1 Å². The largest absolute Gasteiger partial charge is 0.476 e. The molecule has 0 spiro atoms. The van der Waals surface area contributed by atoms with Crippen LogP contribution in [0.4, 0.5) is 0 Å². The van der Waals surface area contributed by atoms with Crippen molar-refractivity contribution in [1.29, 1.82) is 0 Å². The summed E-state index contributed by atoms with van der Waals surface area (Å²) in [4.78, 5) is 11.7. The first-order valence-corrected chi connectivity index (χ1v) is 8.58. The number of carbonyl (C=O) groups excluding carboxylic acids is 1. The van der Waals surface area contributed by atoms with Crippen LogP contribution in [0.1, 0.15) is 51.5 Å². The zero-order valence-corrected chi connectivity index (χ0v) is 14.6. The Morgan fingerprint density at radius 2 is 2.00 bits per heavy atom. The summed E-state index contributed by atoms with van der Waals surface area (Å²) in [7, 11) is 1.37. The van der Waals surface area contributed by atoms with E-state index in [1.54, 1.807) is 13.8 Å². The van der Waals surface area contributed by atoms with Gasteiger partial charge >= 0.3 is 5.97 Å². The second-order valence-electron chi connectivity index (χ2n) is 6.89. The van der Waals surface area contributed by atoms with Crippen molar-refractivity contribution in [3.63, 3.8) is 0 Å². The van der Waals surface area contributed by atoms with E-state index < -0.39 is 5.60 Å². The van der Waals surface area contributed by atoms with Crippen LogP contribution in [0.25, 0.3) is 0 Å². The summed E-state index contributed by atoms with van der Waals surface area (Å²) in [5, 5.41) is 3.55. The molecule has 1 aromatic carbocycles. The fourth-order valence-corrected chi connectivity index (χ4v) is 3.11. The molecule has 2 rings (SSSR count). The highest BCUT2D eigenvalue weighted by Gasteiger charge is 2.31. The summed E-state index contributed by atoms with van der Waals surface area (Å²) in [5.74, 6) is 1.14. The Morgan fingerprint density at radius 3 is 2.70 bits per heavy atom. The van der Waals surface area contributed by atoms with Crippen molar-refractivity contribution in [2.24, 2.45) is 5.92 Å². The molecule has 128 valence electrons. The zero-order valence-electron chi connectivity index (χ0n) is 14.6. The van der Waals surface area contributed by atoms with Crippen molar-refractivity contribution in [2.75, 3.05) is 13.7 Å². The Bertz CT molecular complexity index is 507. The lowest BCUT2D eigenvalue weighted by Gasteiger charge is -2.24. The van der Waals surface area contributed by atoms with Gasteiger partial charge in [-0.05, 0) is 56.8 Å². The molecule has 0 heterocycles. The summed E-state index contributed by atoms with van der Waals surface area (Å²) in [5.41, 5.74) is 0.182. The molecule has 4 heteroatoms. The highest BCUT2D eigenvalue weighted by molar-refractivity contribution is 5.78. The van der Waals surface area contributed by atoms with E-state index >= 15 is 0 Å². The number of hydrogen-bond acceptors (Lipinski definition) is 4. The van der Waals surface area contributed by atoms with Gasteiger partial charge in [-0.1, -0.05) is 31.4 Å². The maximum Gasteiger partial charge on any atom is 0.349 e. The molecule has 4 nitrogen and oxygen atoms in total. The van der Waals surface area contributed by atoms with Crippen molar-refractivity contribution in [2.45, 2.75) is 58.1 Å². The topological polar surface area (TPSA) is 47.6 Å². The average molecular weight is 319 g/mol. The third-order valence-electron chi connectivity index (χ3n) is 4.44. The lowest BCUT2D eigenvalue weighted by atomic mass is 9.89. The van der Waals surface area contributed by atoms with E-state index in [4.69, 9.17) is 9.47 Å². The normalized spacial score (nSPS) is 16.1. The number of ether oxygens (including phenoxy) is 2. The predicted octanol–water partition coefficient (Wildman–Crippen LogP) is 3.69. The Morgan fingerprint density at radius 1 is 1.26 bits per heavy atom. The Hall–Kier alpha value is -1.55. The summed E-state index contributed by atoms with van der Waals surface area (Å²) in [6.07, 6.45) is 6.84. The van der Waals surface area contributed by atoms with E-state index in [0.29, 0.717) is 5.75 Å². The quantitative estimate of drug-likeness (QED) is 0.779. The first kappa shape index (κ1) is 17.8. The van der Waals surface area contributed by atoms with Gasteiger partial charge in [0.25, 0.3) is 0 Å². The van der Waals surface area contributed by atoms with Gasteiger partial charge in [0, 0.05) is 6.54 Å². The Labute approximate surface area is 139 Å². The van der Waals surface area contributed by atoms with E-state index in [9.17, 15) is 4.79 Å². The van der Waals surface area contributed by atoms with E-state index in [1.165, 1.54) is 44.8 Å². The van der Waals surface area contributed by atoms with Gasteiger partial charge in [-0.15, -0.1) is 0 Å². The van der Waals surface area contributed by atoms with Crippen LogP contribution in [0.3, 0.4) is 0 Å². The fraction of sp³-hybridized carbons (Fsp3) is 0.632. The number of rotatable bonds is 7. The summed E-state index contributed by atoms with van der Waals surface area (Å²) in [6.45, 7) is 5.34. The second kappa shape index (κ2) is 8.34. The Kier molecular flexibility index (Phi) is 6.46. The highest BCUT2D eigenvalue weighted by atomic mass is 16.6. The van der Waals surface area contributed by atoms with Crippen LogP contribution in [0.15, 0.2) is 24.3 Å². The zero-order chi connectivity index (χ0) is 16.7. The minimum atomic E-state index is -0.983. The maximum atomic E-state index is 11.7. The van der Waals surface area contributed by atoms with E-state index in [-0.39, 0.29) is 5.97 Å². The fourth-order valence-electron chi connectivity index (χ4n) is 3.11. The molecule has 0 aromatic heterocycles. The minimum absolute atomic E-state index is 0.377. The molecule has 1 N–H and O–H groups in total. The summed E-state index contributed by atoms with van der Waals surface area (Å²) < 4.78 is 10.6. The third-order valence-corrected chi connectivity index (χ3v) is 4.44. The van der Waals surface area contributed by atoms with E-state index in [1.807, 2.05) is 18.2 Å². The van der Waals surface area contributed by atoms with Gasteiger partial charge in [0.1, 0.15) is 5.75 Å². The minimum Gasteiger partial charge on any atom is -0.476 e. The van der Waals surface area contributed by atoms with E-state index in [0.717, 1.165) is 19.0 Å². The molecule has 0 aliphatic heterocycles. The lowest BCUT2D eigenvalue weighted by Crippen LogP contribution is -2.39. The molecule has 0 unspecified atom stereocenters. The molecular weight excluding hydrogens is 290 g/mol. The standard InChI is InChI=1S/C19H29NO3/c1-19(2,18(21)22-3)23-17-11-7-10-16(12-17)14-20-13-15-8-5-4-6-9-15/h7,10-12,15,20H,4-6,8-9,13-14H2,1-3H3. The highest BCUT2D eigenvalue weighted by Crippen LogP contribution is 2.23. The van der Waals surface area contributed by atoms with Crippen molar-refractivity contribution >= 4 is 5.97 Å². The summed E-state index contributed by atoms with van der Waals surface area (Å²) >= 11 is 0. The average Bonchev–Trinajstić information content (AvgIpc) is 2.55. The van der Waals surface area contributed by atoms with Crippen molar-refractivity contribution in [3.8, 4) is 5.75 Å². The van der Waals surface area contributed by atoms with Crippen LogP contribution in [0.5, 0.6) is 5.75 Å². The number of benzene rings is 1. The van der Waals surface area contributed by atoms with Crippen LogP contribution in [0, 0.1) is 5.92 Å². The SMILES string of the molecule is COC(=O)C(C)(C)Oc1cccc(CNCC2CCCCC2)c1. The molecular formula is C19H29NO3. The molecule has 0 radical (unpaired) electrons. The van der Waals surface area contributed by atoms with Gasteiger partial charge in [0.2, 0.25) is 0 Å². The number of hydrogen-bond donors (Lipinski definition) is 1. The first-order valence-electron chi connectivity index (χ1n) is 8.58. The van der Waals surface area contributed by atoms with Gasteiger partial charge in [0.05, 0.1) is 7.11 Å². The lowest BCUT2D eigenvalue weighted by molar-refractivity contribution is -0.156. The molecule has 0 saturated heterocycles. The van der Waals surface area contributed by atoms with Gasteiger partial charge in [-0.2, -0.15) is 0 Å². The molecule has 23 heavy (non-hydrogen) atoms. The van der Waals surface area contributed by atoms with Crippen LogP contribution in [-0.4, -0.2) is 25.2 Å². The first-order chi connectivity index (χ1) is 11.0. The van der Waals surface area contributed by atoms with Crippen molar-refractivity contribution in [3.05, 3.63) is 29.8 Å². The third kappa shape index (κ3) is 5.54. The molecule has 1 aromatic rings. The van der Waals surface area contributed by atoms with Crippen molar-refractivity contribution in [1.82, 2.24) is 5.32 Å². The van der Waals surface area contributed by atoms with Crippen LogP contribution in [-0.2, 0) is 16.1 Å². The smallest absolute Gasteiger partial charge is 0.349 e. The molecule has 1 aliphatic carbocycles. The molecule has 1 aliphatic rings. The molecule has 0 bridgehead atoms. The molecule has 1 fully saturated rings. The van der Waals surface area contributed by atoms with Crippen LogP contribution >= 0.6 is 0 Å². The predicted molar refractivity (Wildman–Crippen MR) is 91.4 cm³/mol. The number of nitrogens with one attached hydrogen (secondary N) is 1. The summed E-state index contributed by atoms with van der Waals surface area (Å²) in [6, 6.07) is 7.89. The number of carbonyl (C=O) groups is 1. The molecule has 1 saturated carbocycles. The Balaban J connectivity index is 1.85. The van der Waals surface area contributed by atoms with Gasteiger partial charge in [0.15, 0.2) is 5.60 Å². The monoisotopic (exact) mass is 319 g/mol. The maximum absolute atomic E-state index is 11.7. The molecule has 0 amide bonds. The number of esters is 1. The van der Waals surface area contributed by atoms with Crippen LogP contribution in [0.2, 0.25) is 0 Å². The van der Waals surface area contributed by atoms with Gasteiger partial charge in [-0.25, -0.2) is 4.79 Å². The van der Waals surface area contributed by atoms with E-state index in [2.05, 4.69) is 11.4 Å². The van der Waals surface area contributed by atoms with Crippen molar-refractivity contribution < 1.29 is 14.3 Å². The molecule has 0 atom stereocenters. The number of methoxy groups -OCH3 is 1.